The maximum Gasteiger partial charge on any atom is 0.453 e. The molecule has 8 nitrogen and oxygen atoms in total. The molecule has 2 heterocycles. The molecule has 1 atom stereocenters. The van der Waals surface area contributed by atoms with Crippen LogP contribution in [0.4, 0.5) is 23.8 Å². The number of anilines is 1. The van der Waals surface area contributed by atoms with E-state index in [0.717, 1.165) is 0 Å². The predicted octanol–water partition coefficient (Wildman–Crippen LogP) is 2.11. The lowest BCUT2D eigenvalue weighted by Gasteiger charge is -2.12. The number of alkyl halides is 3. The maximum absolute atomic E-state index is 12.4. The Morgan fingerprint density at radius 1 is 1.35 bits per heavy atom. The van der Waals surface area contributed by atoms with Crippen molar-refractivity contribution in [3.63, 3.8) is 0 Å². The smallest absolute Gasteiger partial charge is 0.453 e. The third-order valence-corrected chi connectivity index (χ3v) is 2.69. The summed E-state index contributed by atoms with van der Waals surface area (Å²) in [5.74, 6) is -0.884. The number of hydrogen-bond donors (Lipinski definition) is 3. The van der Waals surface area contributed by atoms with Crippen molar-refractivity contribution in [3.8, 4) is 5.88 Å². The first kappa shape index (κ1) is 16.5. The number of pyridine rings is 1. The van der Waals surface area contributed by atoms with Gasteiger partial charge < -0.3 is 10.1 Å². The van der Waals surface area contributed by atoms with E-state index < -0.39 is 24.1 Å². The molecule has 2 aromatic heterocycles. The van der Waals surface area contributed by atoms with Crippen LogP contribution in [0.2, 0.25) is 0 Å². The van der Waals surface area contributed by atoms with Crippen molar-refractivity contribution in [2.75, 3.05) is 12.4 Å². The number of aromatic amines is 1. The lowest BCUT2D eigenvalue weighted by atomic mass is 10.3. The Labute approximate surface area is 128 Å². The monoisotopic (exact) mass is 330 g/mol. The molecule has 0 bridgehead atoms. The van der Waals surface area contributed by atoms with Gasteiger partial charge in [-0.05, 0) is 13.0 Å². The summed E-state index contributed by atoms with van der Waals surface area (Å²) in [6.45, 7) is 1.46. The van der Waals surface area contributed by atoms with Crippen molar-refractivity contribution in [1.29, 1.82) is 0 Å². The SMILES string of the molecule is COc1cccc(NC(=O)NC(C)c2nc(C(F)(F)F)n[nH]2)n1. The first-order valence-corrected chi connectivity index (χ1v) is 6.37. The van der Waals surface area contributed by atoms with Crippen molar-refractivity contribution < 1.29 is 22.7 Å². The van der Waals surface area contributed by atoms with E-state index in [1.165, 1.54) is 20.1 Å². The highest BCUT2D eigenvalue weighted by atomic mass is 19.4. The topological polar surface area (TPSA) is 105 Å². The van der Waals surface area contributed by atoms with Crippen LogP contribution >= 0.6 is 0 Å². The minimum absolute atomic E-state index is 0.119. The number of carbonyl (C=O) groups excluding carboxylic acids is 1. The van der Waals surface area contributed by atoms with Gasteiger partial charge in [-0.15, -0.1) is 5.10 Å². The van der Waals surface area contributed by atoms with Gasteiger partial charge in [-0.3, -0.25) is 10.4 Å². The predicted molar refractivity (Wildman–Crippen MR) is 72.7 cm³/mol. The highest BCUT2D eigenvalue weighted by Gasteiger charge is 2.36. The Kier molecular flexibility index (Phi) is 4.67. The number of aromatic nitrogens is 4. The first-order chi connectivity index (χ1) is 10.8. The minimum Gasteiger partial charge on any atom is -0.481 e. The average Bonchev–Trinajstić information content (AvgIpc) is 2.97. The zero-order valence-electron chi connectivity index (χ0n) is 12.1. The molecule has 2 aromatic rings. The van der Waals surface area contributed by atoms with Gasteiger partial charge in [0.1, 0.15) is 11.6 Å². The number of ether oxygens (including phenoxy) is 1. The zero-order valence-corrected chi connectivity index (χ0v) is 12.1. The number of amides is 2. The molecular formula is C12H13F3N6O2. The van der Waals surface area contributed by atoms with Gasteiger partial charge >= 0.3 is 12.2 Å². The molecule has 0 spiro atoms. The van der Waals surface area contributed by atoms with Gasteiger partial charge in [-0.25, -0.2) is 9.78 Å². The number of rotatable bonds is 4. The van der Waals surface area contributed by atoms with Crippen LogP contribution in [0.15, 0.2) is 18.2 Å². The molecular weight excluding hydrogens is 317 g/mol. The second-order valence-corrected chi connectivity index (χ2v) is 4.43. The maximum atomic E-state index is 12.4. The molecule has 0 saturated heterocycles. The molecule has 23 heavy (non-hydrogen) atoms. The summed E-state index contributed by atoms with van der Waals surface area (Å²) in [5, 5.41) is 10.0. The number of methoxy groups -OCH3 is 1. The first-order valence-electron chi connectivity index (χ1n) is 6.37. The Balaban J connectivity index is 1.98. The zero-order chi connectivity index (χ0) is 17.0. The highest BCUT2D eigenvalue weighted by Crippen LogP contribution is 2.26. The van der Waals surface area contributed by atoms with Gasteiger partial charge in [0.05, 0.1) is 13.2 Å². The molecule has 2 rings (SSSR count). The molecule has 0 saturated carbocycles. The molecule has 0 radical (unpaired) electrons. The normalized spacial score (nSPS) is 12.6. The number of nitrogens with zero attached hydrogens (tertiary/aromatic N) is 3. The van der Waals surface area contributed by atoms with Crippen LogP contribution in [0, 0.1) is 0 Å². The van der Waals surface area contributed by atoms with E-state index in [2.05, 4.69) is 30.8 Å². The van der Waals surface area contributed by atoms with Gasteiger partial charge in [0, 0.05) is 6.07 Å². The average molecular weight is 330 g/mol. The van der Waals surface area contributed by atoms with Gasteiger partial charge in [0.25, 0.3) is 5.82 Å². The molecule has 0 aliphatic carbocycles. The fourth-order valence-corrected chi connectivity index (χ4v) is 1.61. The number of halogens is 3. The molecule has 2 amide bonds. The molecule has 0 fully saturated rings. The van der Waals surface area contributed by atoms with Gasteiger partial charge in [-0.1, -0.05) is 6.07 Å². The second-order valence-electron chi connectivity index (χ2n) is 4.43. The Morgan fingerprint density at radius 3 is 2.70 bits per heavy atom. The van der Waals surface area contributed by atoms with Crippen LogP contribution in [-0.4, -0.2) is 33.3 Å². The van der Waals surface area contributed by atoms with Crippen molar-refractivity contribution >= 4 is 11.8 Å². The number of nitrogens with one attached hydrogen (secondary N) is 3. The fraction of sp³-hybridized carbons (Fsp3) is 0.333. The van der Waals surface area contributed by atoms with Crippen molar-refractivity contribution in [1.82, 2.24) is 25.5 Å². The van der Waals surface area contributed by atoms with Crippen LogP contribution in [0.25, 0.3) is 0 Å². The Morgan fingerprint density at radius 2 is 2.09 bits per heavy atom. The van der Waals surface area contributed by atoms with Crippen LogP contribution in [0.5, 0.6) is 5.88 Å². The van der Waals surface area contributed by atoms with Gasteiger partial charge in [0.15, 0.2) is 0 Å². The second kappa shape index (κ2) is 6.50. The summed E-state index contributed by atoms with van der Waals surface area (Å²) in [7, 11) is 1.43. The third-order valence-electron chi connectivity index (χ3n) is 2.69. The number of urea groups is 1. The largest absolute Gasteiger partial charge is 0.481 e. The molecule has 124 valence electrons. The van der Waals surface area contributed by atoms with Crippen LogP contribution < -0.4 is 15.4 Å². The van der Waals surface area contributed by atoms with E-state index in [4.69, 9.17) is 4.74 Å². The third kappa shape index (κ3) is 4.31. The quantitative estimate of drug-likeness (QED) is 0.796. The van der Waals surface area contributed by atoms with E-state index in [1.54, 1.807) is 12.1 Å². The number of hydrogen-bond acceptors (Lipinski definition) is 5. The highest BCUT2D eigenvalue weighted by molar-refractivity contribution is 5.88. The molecule has 0 aromatic carbocycles. The number of H-pyrrole nitrogens is 1. The van der Waals surface area contributed by atoms with Crippen LogP contribution in [-0.2, 0) is 6.18 Å². The standard InChI is InChI=1S/C12H13F3N6O2/c1-6(9-19-10(21-20-9)12(13,14)15)16-11(22)18-7-4-3-5-8(17-7)23-2/h3-6H,1-2H3,(H,19,20,21)(H2,16,17,18,22). The summed E-state index contributed by atoms with van der Waals surface area (Å²) in [5.41, 5.74) is 0. The van der Waals surface area contributed by atoms with Crippen molar-refractivity contribution in [2.24, 2.45) is 0 Å². The molecule has 0 aliphatic heterocycles. The summed E-state index contributed by atoms with van der Waals surface area (Å²) < 4.78 is 42.2. The van der Waals surface area contributed by atoms with Crippen molar-refractivity contribution in [2.45, 2.75) is 19.1 Å². The van der Waals surface area contributed by atoms with E-state index in [9.17, 15) is 18.0 Å². The van der Waals surface area contributed by atoms with E-state index in [-0.39, 0.29) is 11.6 Å². The fourth-order valence-electron chi connectivity index (χ4n) is 1.61. The van der Waals surface area contributed by atoms with Gasteiger partial charge in [0.2, 0.25) is 5.88 Å². The minimum atomic E-state index is -4.65. The summed E-state index contributed by atoms with van der Waals surface area (Å²) >= 11 is 0. The molecule has 3 N–H and O–H groups in total. The Hall–Kier alpha value is -2.85. The Bertz CT molecular complexity index is 687. The van der Waals surface area contributed by atoms with E-state index >= 15 is 0 Å². The van der Waals surface area contributed by atoms with Crippen LogP contribution in [0.1, 0.15) is 24.6 Å². The van der Waals surface area contributed by atoms with Crippen molar-refractivity contribution in [3.05, 3.63) is 29.8 Å². The lowest BCUT2D eigenvalue weighted by molar-refractivity contribution is -0.144. The van der Waals surface area contributed by atoms with E-state index in [1.807, 2.05) is 0 Å². The van der Waals surface area contributed by atoms with E-state index in [0.29, 0.717) is 5.88 Å². The lowest BCUT2D eigenvalue weighted by Crippen LogP contribution is -2.32. The molecule has 11 heteroatoms. The van der Waals surface area contributed by atoms with Gasteiger partial charge in [-0.2, -0.15) is 18.2 Å². The summed E-state index contributed by atoms with van der Waals surface area (Å²) in [6.07, 6.45) is -4.65. The number of carbonyl (C=O) groups is 1. The van der Waals surface area contributed by atoms with Crippen LogP contribution in [0.3, 0.4) is 0 Å². The summed E-state index contributed by atoms with van der Waals surface area (Å²) in [6, 6.07) is 3.27. The molecule has 0 aliphatic rings. The molecule has 1 unspecified atom stereocenters. The summed E-state index contributed by atoms with van der Waals surface area (Å²) in [4.78, 5) is 19.1.